The van der Waals surface area contributed by atoms with Gasteiger partial charge in [0.1, 0.15) is 5.76 Å². The molecular formula is C11H9ClN2O3S. The molecule has 94 valence electrons. The number of hydrogen-bond acceptors (Lipinski definition) is 5. The van der Waals surface area contributed by atoms with Gasteiger partial charge in [0.2, 0.25) is 0 Å². The monoisotopic (exact) mass is 284 g/mol. The molecule has 0 saturated heterocycles. The Hall–Kier alpha value is -1.66. The van der Waals surface area contributed by atoms with E-state index in [1.165, 1.54) is 17.8 Å². The maximum Gasteiger partial charge on any atom is 0.358 e. The highest BCUT2D eigenvalue weighted by molar-refractivity contribution is 7.98. The van der Waals surface area contributed by atoms with E-state index in [-0.39, 0.29) is 5.69 Å². The first-order chi connectivity index (χ1) is 8.56. The van der Waals surface area contributed by atoms with Crippen LogP contribution < -0.4 is 5.73 Å². The normalized spacial score (nSPS) is 10.5. The number of aromatic carboxylic acids is 1. The highest BCUT2D eigenvalue weighted by Crippen LogP contribution is 2.31. The lowest BCUT2D eigenvalue weighted by molar-refractivity contribution is 0.0685. The highest BCUT2D eigenvalue weighted by atomic mass is 35.5. The van der Waals surface area contributed by atoms with E-state index in [0.717, 1.165) is 4.90 Å². The van der Waals surface area contributed by atoms with Crippen molar-refractivity contribution in [2.24, 2.45) is 0 Å². The summed E-state index contributed by atoms with van der Waals surface area (Å²) in [5.41, 5.74) is 6.16. The van der Waals surface area contributed by atoms with E-state index >= 15 is 0 Å². The number of halogens is 1. The summed E-state index contributed by atoms with van der Waals surface area (Å²) in [6.07, 6.45) is 0. The molecule has 0 aliphatic rings. The first-order valence-corrected chi connectivity index (χ1v) is 6.29. The molecule has 0 spiro atoms. The second-order valence-electron chi connectivity index (χ2n) is 3.46. The van der Waals surface area contributed by atoms with Crippen molar-refractivity contribution < 1.29 is 14.4 Å². The van der Waals surface area contributed by atoms with Crippen LogP contribution in [-0.4, -0.2) is 16.2 Å². The minimum atomic E-state index is -1.11. The van der Waals surface area contributed by atoms with Crippen LogP contribution in [0.25, 0.3) is 0 Å². The van der Waals surface area contributed by atoms with Crippen molar-refractivity contribution in [3.8, 4) is 0 Å². The third kappa shape index (κ3) is 2.96. The molecule has 3 N–H and O–H groups in total. The van der Waals surface area contributed by atoms with Gasteiger partial charge < -0.3 is 15.4 Å². The molecule has 0 aliphatic carbocycles. The number of carboxylic acid groups (broad SMARTS) is 1. The van der Waals surface area contributed by atoms with Crippen molar-refractivity contribution >= 4 is 35.0 Å². The Labute approximate surface area is 112 Å². The summed E-state index contributed by atoms with van der Waals surface area (Å²) in [5, 5.41) is 12.7. The first kappa shape index (κ1) is 12.8. The summed E-state index contributed by atoms with van der Waals surface area (Å²) in [6.45, 7) is 0. The van der Waals surface area contributed by atoms with E-state index in [0.29, 0.717) is 22.2 Å². The quantitative estimate of drug-likeness (QED) is 0.663. The number of thioether (sulfide) groups is 1. The van der Waals surface area contributed by atoms with Gasteiger partial charge in [-0.1, -0.05) is 16.8 Å². The van der Waals surface area contributed by atoms with Gasteiger partial charge >= 0.3 is 5.97 Å². The molecule has 2 aromatic rings. The smallest absolute Gasteiger partial charge is 0.358 e. The Kier molecular flexibility index (Phi) is 3.78. The number of nitrogen functional groups attached to an aromatic ring is 1. The van der Waals surface area contributed by atoms with E-state index in [9.17, 15) is 4.79 Å². The average Bonchev–Trinajstić information content (AvgIpc) is 2.79. The van der Waals surface area contributed by atoms with E-state index in [2.05, 4.69) is 5.16 Å². The molecule has 1 heterocycles. The largest absolute Gasteiger partial charge is 0.476 e. The van der Waals surface area contributed by atoms with E-state index in [1.54, 1.807) is 18.2 Å². The number of hydrogen-bond donors (Lipinski definition) is 2. The van der Waals surface area contributed by atoms with Gasteiger partial charge in [-0.3, -0.25) is 0 Å². The molecule has 0 amide bonds. The molecule has 18 heavy (non-hydrogen) atoms. The van der Waals surface area contributed by atoms with Gasteiger partial charge in [0.25, 0.3) is 0 Å². The fraction of sp³-hybridized carbons (Fsp3) is 0.0909. The van der Waals surface area contributed by atoms with Crippen LogP contribution in [0, 0.1) is 0 Å². The molecule has 0 aliphatic heterocycles. The van der Waals surface area contributed by atoms with Crippen molar-refractivity contribution in [1.82, 2.24) is 5.16 Å². The van der Waals surface area contributed by atoms with Crippen LogP contribution in [-0.2, 0) is 5.75 Å². The lowest BCUT2D eigenvalue weighted by Crippen LogP contribution is -1.94. The van der Waals surface area contributed by atoms with Gasteiger partial charge in [-0.2, -0.15) is 0 Å². The molecule has 0 unspecified atom stereocenters. The third-order valence-corrected chi connectivity index (χ3v) is 3.62. The summed E-state index contributed by atoms with van der Waals surface area (Å²) >= 11 is 7.40. The fourth-order valence-electron chi connectivity index (χ4n) is 1.26. The number of aromatic nitrogens is 1. The maximum absolute atomic E-state index is 10.6. The zero-order chi connectivity index (χ0) is 13.1. The van der Waals surface area contributed by atoms with Crippen LogP contribution in [0.1, 0.15) is 16.2 Å². The number of nitrogens with two attached hydrogens (primary N) is 1. The van der Waals surface area contributed by atoms with Crippen LogP contribution in [0.3, 0.4) is 0 Å². The number of nitrogens with zero attached hydrogens (tertiary/aromatic N) is 1. The maximum atomic E-state index is 10.6. The lowest BCUT2D eigenvalue weighted by atomic mass is 10.3. The minimum Gasteiger partial charge on any atom is -0.476 e. The fourth-order valence-corrected chi connectivity index (χ4v) is 2.40. The van der Waals surface area contributed by atoms with Crippen LogP contribution in [0.4, 0.5) is 5.69 Å². The molecule has 2 rings (SSSR count). The van der Waals surface area contributed by atoms with Gasteiger partial charge in [0.05, 0.1) is 10.8 Å². The zero-order valence-corrected chi connectivity index (χ0v) is 10.7. The Morgan fingerprint density at radius 1 is 1.50 bits per heavy atom. The van der Waals surface area contributed by atoms with Crippen LogP contribution in [0.2, 0.25) is 5.02 Å². The number of rotatable bonds is 4. The first-order valence-electron chi connectivity index (χ1n) is 4.93. The van der Waals surface area contributed by atoms with Gasteiger partial charge in [0, 0.05) is 16.6 Å². The number of carboxylic acids is 1. The molecule has 0 fully saturated rings. The molecule has 0 radical (unpaired) electrons. The molecular weight excluding hydrogens is 276 g/mol. The van der Waals surface area contributed by atoms with Gasteiger partial charge in [-0.05, 0) is 18.2 Å². The van der Waals surface area contributed by atoms with Crippen molar-refractivity contribution in [3.63, 3.8) is 0 Å². The Bertz CT molecular complexity index is 585. The molecule has 1 aromatic heterocycles. The van der Waals surface area contributed by atoms with E-state index < -0.39 is 5.97 Å². The predicted octanol–water partition coefficient (Wildman–Crippen LogP) is 2.90. The minimum absolute atomic E-state index is 0.107. The van der Waals surface area contributed by atoms with Crippen LogP contribution >= 0.6 is 23.4 Å². The second-order valence-corrected chi connectivity index (χ2v) is 4.89. The molecule has 1 aromatic carbocycles. The third-order valence-electron chi connectivity index (χ3n) is 2.10. The van der Waals surface area contributed by atoms with Gasteiger partial charge in [-0.15, -0.1) is 11.8 Å². The van der Waals surface area contributed by atoms with Gasteiger partial charge in [-0.25, -0.2) is 4.79 Å². The molecule has 0 saturated carbocycles. The lowest BCUT2D eigenvalue weighted by Gasteiger charge is -2.03. The Morgan fingerprint density at radius 3 is 2.94 bits per heavy atom. The SMILES string of the molecule is Nc1ccc(Cl)c(SCc2cc(C(=O)O)no2)c1. The van der Waals surface area contributed by atoms with E-state index in [1.807, 2.05) is 0 Å². The zero-order valence-electron chi connectivity index (χ0n) is 9.09. The van der Waals surface area contributed by atoms with Crippen LogP contribution in [0.15, 0.2) is 33.7 Å². The van der Waals surface area contributed by atoms with Gasteiger partial charge in [0.15, 0.2) is 5.69 Å². The molecule has 0 atom stereocenters. The number of carbonyl (C=O) groups is 1. The summed E-state index contributed by atoms with van der Waals surface area (Å²) < 4.78 is 4.89. The van der Waals surface area contributed by atoms with E-state index in [4.69, 9.17) is 27.0 Å². The van der Waals surface area contributed by atoms with Crippen molar-refractivity contribution in [3.05, 3.63) is 40.7 Å². The molecule has 0 bridgehead atoms. The topological polar surface area (TPSA) is 89.4 Å². The molecule has 5 nitrogen and oxygen atoms in total. The van der Waals surface area contributed by atoms with Crippen LogP contribution in [0.5, 0.6) is 0 Å². The standard InChI is InChI=1S/C11H9ClN2O3S/c12-8-2-1-6(13)3-10(8)18-5-7-4-9(11(15)16)14-17-7/h1-4H,5,13H2,(H,15,16). The summed E-state index contributed by atoms with van der Waals surface area (Å²) in [6, 6.07) is 6.56. The number of benzene rings is 1. The summed E-state index contributed by atoms with van der Waals surface area (Å²) in [7, 11) is 0. The second kappa shape index (κ2) is 5.32. The summed E-state index contributed by atoms with van der Waals surface area (Å²) in [5.74, 6) is -0.212. The van der Waals surface area contributed by atoms with Crippen molar-refractivity contribution in [2.45, 2.75) is 10.6 Å². The van der Waals surface area contributed by atoms with Crippen molar-refractivity contribution in [1.29, 1.82) is 0 Å². The number of anilines is 1. The Morgan fingerprint density at radius 2 is 2.28 bits per heavy atom. The average molecular weight is 285 g/mol. The highest BCUT2D eigenvalue weighted by Gasteiger charge is 2.11. The molecule has 7 heteroatoms. The van der Waals surface area contributed by atoms with Crippen molar-refractivity contribution in [2.75, 3.05) is 5.73 Å². The predicted molar refractivity (Wildman–Crippen MR) is 68.9 cm³/mol. The Balaban J connectivity index is 2.06. The summed E-state index contributed by atoms with van der Waals surface area (Å²) in [4.78, 5) is 11.4.